The second-order valence-electron chi connectivity index (χ2n) is 7.39. The molecule has 3 rings (SSSR count). The van der Waals surface area contributed by atoms with Crippen LogP contribution in [0.3, 0.4) is 0 Å². The second kappa shape index (κ2) is 15.3. The Bertz CT molecular complexity index is 797. The van der Waals surface area contributed by atoms with Crippen LogP contribution >= 0.6 is 0 Å². The molecule has 1 saturated heterocycles. The number of nitrogens with zero attached hydrogens (tertiary/aromatic N) is 1. The van der Waals surface area contributed by atoms with Crippen LogP contribution in [0.2, 0.25) is 0 Å². The standard InChI is InChI=1S/C14H22N2.C10H10O3.C2H6/c1-15-11-12-4-3-5-14(10-12)13-6-8-16(2)9-7-13;11-5-1-2-8-3-4-10(13)9(6-8)7-12;1-2/h3-5,10,13,15H,6-9,11H2,1-2H3;1-6,12-13H,7H2;1-2H3/b;2-1+;. The first-order valence-electron chi connectivity index (χ1n) is 11.0. The van der Waals surface area contributed by atoms with Gasteiger partial charge in [0.05, 0.1) is 6.61 Å². The summed E-state index contributed by atoms with van der Waals surface area (Å²) in [4.78, 5) is 12.4. The van der Waals surface area contributed by atoms with E-state index in [1.807, 2.05) is 20.9 Å². The molecule has 0 spiro atoms. The van der Waals surface area contributed by atoms with E-state index in [4.69, 9.17) is 5.11 Å². The maximum Gasteiger partial charge on any atom is 0.142 e. The Morgan fingerprint density at radius 2 is 1.84 bits per heavy atom. The molecule has 5 heteroatoms. The number of aromatic hydroxyl groups is 1. The minimum atomic E-state index is -0.214. The van der Waals surface area contributed by atoms with Gasteiger partial charge in [-0.3, -0.25) is 4.79 Å². The van der Waals surface area contributed by atoms with E-state index < -0.39 is 0 Å². The zero-order chi connectivity index (χ0) is 23.1. The molecule has 0 saturated carbocycles. The third-order valence-electron chi connectivity index (χ3n) is 5.16. The van der Waals surface area contributed by atoms with Crippen LogP contribution in [0, 0.1) is 0 Å². The van der Waals surface area contributed by atoms with E-state index in [1.54, 1.807) is 18.2 Å². The molecule has 1 heterocycles. The maximum atomic E-state index is 10.0. The molecule has 1 fully saturated rings. The number of aldehydes is 1. The molecule has 5 nitrogen and oxygen atoms in total. The highest BCUT2D eigenvalue weighted by Crippen LogP contribution is 2.27. The summed E-state index contributed by atoms with van der Waals surface area (Å²) in [5, 5.41) is 21.2. The zero-order valence-electron chi connectivity index (χ0n) is 19.3. The third-order valence-corrected chi connectivity index (χ3v) is 5.16. The first kappa shape index (κ1) is 26.6. The van der Waals surface area contributed by atoms with Gasteiger partial charge >= 0.3 is 0 Å². The van der Waals surface area contributed by atoms with Gasteiger partial charge in [0.25, 0.3) is 0 Å². The van der Waals surface area contributed by atoms with Gasteiger partial charge in [0.1, 0.15) is 12.0 Å². The van der Waals surface area contributed by atoms with Crippen molar-refractivity contribution in [2.45, 2.75) is 45.8 Å². The van der Waals surface area contributed by atoms with Gasteiger partial charge in [0.15, 0.2) is 0 Å². The fourth-order valence-electron chi connectivity index (χ4n) is 3.49. The van der Waals surface area contributed by atoms with Crippen LogP contribution < -0.4 is 5.32 Å². The summed E-state index contributed by atoms with van der Waals surface area (Å²) in [6, 6.07) is 13.8. The average molecular weight is 427 g/mol. The highest BCUT2D eigenvalue weighted by molar-refractivity contribution is 5.74. The van der Waals surface area contributed by atoms with Gasteiger partial charge in [0, 0.05) is 12.1 Å². The molecule has 0 atom stereocenters. The van der Waals surface area contributed by atoms with E-state index in [9.17, 15) is 9.90 Å². The van der Waals surface area contributed by atoms with Crippen molar-refractivity contribution >= 4 is 12.4 Å². The van der Waals surface area contributed by atoms with E-state index in [0.717, 1.165) is 18.0 Å². The molecule has 1 aliphatic heterocycles. The molecule has 0 aromatic heterocycles. The maximum absolute atomic E-state index is 10.0. The van der Waals surface area contributed by atoms with Crippen LogP contribution in [0.5, 0.6) is 5.75 Å². The number of piperidine rings is 1. The van der Waals surface area contributed by atoms with Crippen LogP contribution in [0.1, 0.15) is 54.9 Å². The highest BCUT2D eigenvalue weighted by Gasteiger charge is 2.18. The SMILES string of the molecule is CC.CNCc1cccc(C2CCN(C)CC2)c1.O=C/C=C/c1ccc(O)c(CO)c1. The number of carbonyl (C=O) groups is 1. The number of phenols is 1. The molecular weight excluding hydrogens is 388 g/mol. The van der Waals surface area contributed by atoms with Crippen molar-refractivity contribution in [3.63, 3.8) is 0 Å². The summed E-state index contributed by atoms with van der Waals surface area (Å²) in [6.07, 6.45) is 6.24. The van der Waals surface area contributed by atoms with Gasteiger partial charge in [-0.25, -0.2) is 0 Å². The van der Waals surface area contributed by atoms with Crippen molar-refractivity contribution in [1.29, 1.82) is 0 Å². The lowest BCUT2D eigenvalue weighted by molar-refractivity contribution is -0.104. The van der Waals surface area contributed by atoms with Crippen molar-refractivity contribution in [3.8, 4) is 5.75 Å². The summed E-state index contributed by atoms with van der Waals surface area (Å²) in [5.74, 6) is 0.832. The van der Waals surface area contributed by atoms with Gasteiger partial charge in [-0.2, -0.15) is 0 Å². The Morgan fingerprint density at radius 3 is 2.45 bits per heavy atom. The first-order chi connectivity index (χ1) is 15.1. The van der Waals surface area contributed by atoms with Crippen LogP contribution in [0.25, 0.3) is 6.08 Å². The summed E-state index contributed by atoms with van der Waals surface area (Å²) < 4.78 is 0. The number of benzene rings is 2. The van der Waals surface area contributed by atoms with Crippen molar-refractivity contribution in [2.24, 2.45) is 0 Å². The molecule has 0 amide bonds. The van der Waals surface area contributed by atoms with Crippen molar-refractivity contribution in [3.05, 3.63) is 70.8 Å². The predicted molar refractivity (Wildman–Crippen MR) is 129 cm³/mol. The number of allylic oxidation sites excluding steroid dienone is 1. The van der Waals surface area contributed by atoms with E-state index in [-0.39, 0.29) is 12.4 Å². The van der Waals surface area contributed by atoms with Crippen molar-refractivity contribution in [2.75, 3.05) is 27.2 Å². The largest absolute Gasteiger partial charge is 0.508 e. The van der Waals surface area contributed by atoms with E-state index in [2.05, 4.69) is 41.5 Å². The summed E-state index contributed by atoms with van der Waals surface area (Å²) in [5.41, 5.74) is 4.15. The minimum Gasteiger partial charge on any atom is -0.508 e. The molecule has 0 aliphatic carbocycles. The number of aliphatic hydroxyl groups excluding tert-OH is 1. The lowest BCUT2D eigenvalue weighted by atomic mass is 9.89. The fourth-order valence-corrected chi connectivity index (χ4v) is 3.49. The molecular formula is C26H38N2O3. The predicted octanol–water partition coefficient (Wildman–Crippen LogP) is 4.34. The van der Waals surface area contributed by atoms with Crippen LogP contribution in [-0.2, 0) is 17.9 Å². The molecule has 0 unspecified atom stereocenters. The van der Waals surface area contributed by atoms with Gasteiger partial charge in [0.2, 0.25) is 0 Å². The Hall–Kier alpha value is -2.47. The third kappa shape index (κ3) is 9.47. The Kier molecular flexibility index (Phi) is 13.2. The van der Waals surface area contributed by atoms with Gasteiger partial charge in [-0.15, -0.1) is 0 Å². The molecule has 2 aromatic carbocycles. The summed E-state index contributed by atoms with van der Waals surface area (Å²) in [6.45, 7) is 7.23. The van der Waals surface area contributed by atoms with E-state index >= 15 is 0 Å². The number of likely N-dealkylation sites (tertiary alicyclic amines) is 1. The van der Waals surface area contributed by atoms with Crippen LogP contribution in [-0.4, -0.2) is 48.6 Å². The molecule has 170 valence electrons. The molecule has 3 N–H and O–H groups in total. The molecule has 0 bridgehead atoms. The fraction of sp³-hybridized carbons (Fsp3) is 0.423. The Morgan fingerprint density at radius 1 is 1.13 bits per heavy atom. The number of nitrogens with one attached hydrogen (secondary N) is 1. The lowest BCUT2D eigenvalue weighted by Crippen LogP contribution is -2.29. The number of carbonyl (C=O) groups excluding carboxylic acids is 1. The van der Waals surface area contributed by atoms with Gasteiger partial charge in [-0.05, 0) is 80.8 Å². The Balaban J connectivity index is 0.000000293. The first-order valence-corrected chi connectivity index (χ1v) is 11.0. The average Bonchev–Trinajstić information content (AvgIpc) is 2.81. The zero-order valence-corrected chi connectivity index (χ0v) is 19.3. The Labute approximate surface area is 187 Å². The molecule has 1 aliphatic rings. The van der Waals surface area contributed by atoms with Crippen molar-refractivity contribution < 1.29 is 15.0 Å². The minimum absolute atomic E-state index is 0.0609. The second-order valence-corrected chi connectivity index (χ2v) is 7.39. The summed E-state index contributed by atoms with van der Waals surface area (Å²) in [7, 11) is 4.22. The van der Waals surface area contributed by atoms with Gasteiger partial charge in [-0.1, -0.05) is 50.3 Å². The summed E-state index contributed by atoms with van der Waals surface area (Å²) >= 11 is 0. The van der Waals surface area contributed by atoms with Crippen molar-refractivity contribution in [1.82, 2.24) is 10.2 Å². The molecule has 0 radical (unpaired) electrons. The van der Waals surface area contributed by atoms with E-state index in [0.29, 0.717) is 11.8 Å². The smallest absolute Gasteiger partial charge is 0.142 e. The number of aliphatic hydroxyl groups is 1. The lowest BCUT2D eigenvalue weighted by Gasteiger charge is -2.29. The highest BCUT2D eigenvalue weighted by atomic mass is 16.3. The van der Waals surface area contributed by atoms with E-state index in [1.165, 1.54) is 49.2 Å². The van der Waals surface area contributed by atoms with Crippen LogP contribution in [0.15, 0.2) is 48.5 Å². The molecule has 31 heavy (non-hydrogen) atoms. The van der Waals surface area contributed by atoms with Crippen LogP contribution in [0.4, 0.5) is 0 Å². The quantitative estimate of drug-likeness (QED) is 0.473. The number of rotatable bonds is 6. The molecule has 2 aromatic rings. The topological polar surface area (TPSA) is 72.8 Å². The number of hydrogen-bond acceptors (Lipinski definition) is 5. The monoisotopic (exact) mass is 426 g/mol. The normalized spacial score (nSPS) is 14.4. The van der Waals surface area contributed by atoms with Gasteiger partial charge < -0.3 is 20.4 Å². The number of hydrogen-bond donors (Lipinski definition) is 3.